The third-order valence-corrected chi connectivity index (χ3v) is 3.55. The number of benzene rings is 1. The molecule has 4 nitrogen and oxygen atoms in total. The van der Waals surface area contributed by atoms with Crippen LogP contribution in [0.3, 0.4) is 0 Å². The van der Waals surface area contributed by atoms with Crippen LogP contribution in [0, 0.1) is 0 Å². The Hall–Kier alpha value is -1.65. The van der Waals surface area contributed by atoms with Gasteiger partial charge in [0, 0.05) is 31.1 Å². The van der Waals surface area contributed by atoms with Gasteiger partial charge in [0.2, 0.25) is 5.88 Å². The van der Waals surface area contributed by atoms with Gasteiger partial charge < -0.3 is 9.47 Å². The SMILES string of the molecule is c1ccc2nc(OCCCN3CCOCC3)ccc2c1. The molecule has 2 heterocycles. The molecule has 4 heteroatoms. The molecule has 0 unspecified atom stereocenters. The van der Waals surface area contributed by atoms with Gasteiger partial charge in [0.05, 0.1) is 25.3 Å². The van der Waals surface area contributed by atoms with E-state index >= 15 is 0 Å². The van der Waals surface area contributed by atoms with Crippen molar-refractivity contribution in [1.82, 2.24) is 9.88 Å². The number of morpholine rings is 1. The molecule has 1 saturated heterocycles. The zero-order valence-corrected chi connectivity index (χ0v) is 11.6. The molecule has 1 aliphatic heterocycles. The van der Waals surface area contributed by atoms with Crippen molar-refractivity contribution in [3.8, 4) is 5.88 Å². The van der Waals surface area contributed by atoms with E-state index in [0.29, 0.717) is 12.5 Å². The zero-order chi connectivity index (χ0) is 13.6. The smallest absolute Gasteiger partial charge is 0.213 e. The van der Waals surface area contributed by atoms with E-state index in [-0.39, 0.29) is 0 Å². The summed E-state index contributed by atoms with van der Waals surface area (Å²) in [5, 5.41) is 1.15. The third-order valence-electron chi connectivity index (χ3n) is 3.55. The van der Waals surface area contributed by atoms with Crippen molar-refractivity contribution in [2.24, 2.45) is 0 Å². The fourth-order valence-electron chi connectivity index (χ4n) is 2.42. The van der Waals surface area contributed by atoms with E-state index in [2.05, 4.69) is 22.0 Å². The van der Waals surface area contributed by atoms with Crippen LogP contribution in [0.25, 0.3) is 10.9 Å². The second-order valence-electron chi connectivity index (χ2n) is 5.00. The molecule has 1 aromatic carbocycles. The number of pyridine rings is 1. The lowest BCUT2D eigenvalue weighted by Gasteiger charge is -2.26. The van der Waals surface area contributed by atoms with Crippen molar-refractivity contribution < 1.29 is 9.47 Å². The summed E-state index contributed by atoms with van der Waals surface area (Å²) < 4.78 is 11.1. The highest BCUT2D eigenvalue weighted by molar-refractivity contribution is 5.78. The van der Waals surface area contributed by atoms with E-state index in [4.69, 9.17) is 9.47 Å². The van der Waals surface area contributed by atoms with Gasteiger partial charge in [-0.05, 0) is 18.6 Å². The van der Waals surface area contributed by atoms with E-state index in [1.807, 2.05) is 24.3 Å². The minimum absolute atomic E-state index is 0.711. The second kappa shape index (κ2) is 6.68. The highest BCUT2D eigenvalue weighted by atomic mass is 16.5. The molecule has 0 N–H and O–H groups in total. The maximum Gasteiger partial charge on any atom is 0.213 e. The van der Waals surface area contributed by atoms with Crippen LogP contribution < -0.4 is 4.74 Å². The Bertz CT molecular complexity index is 553. The number of aromatic nitrogens is 1. The number of nitrogens with zero attached hydrogens (tertiary/aromatic N) is 2. The summed E-state index contributed by atoms with van der Waals surface area (Å²) in [6.07, 6.45) is 1.02. The van der Waals surface area contributed by atoms with Crippen molar-refractivity contribution in [2.45, 2.75) is 6.42 Å². The van der Waals surface area contributed by atoms with Gasteiger partial charge in [0.15, 0.2) is 0 Å². The van der Waals surface area contributed by atoms with E-state index in [0.717, 1.165) is 50.2 Å². The van der Waals surface area contributed by atoms with Crippen molar-refractivity contribution in [1.29, 1.82) is 0 Å². The summed E-state index contributed by atoms with van der Waals surface area (Å²) in [7, 11) is 0. The summed E-state index contributed by atoms with van der Waals surface area (Å²) in [6.45, 7) is 5.56. The predicted molar refractivity (Wildman–Crippen MR) is 79.1 cm³/mol. The first-order valence-corrected chi connectivity index (χ1v) is 7.20. The summed E-state index contributed by atoms with van der Waals surface area (Å²) in [4.78, 5) is 6.92. The van der Waals surface area contributed by atoms with Crippen LogP contribution in [0.5, 0.6) is 5.88 Å². The van der Waals surface area contributed by atoms with Crippen LogP contribution in [0.1, 0.15) is 6.42 Å². The van der Waals surface area contributed by atoms with E-state index in [1.54, 1.807) is 0 Å². The Kier molecular flexibility index (Phi) is 4.46. The van der Waals surface area contributed by atoms with Crippen LogP contribution in [0.4, 0.5) is 0 Å². The number of ether oxygens (including phenoxy) is 2. The molecule has 1 aromatic heterocycles. The van der Waals surface area contributed by atoms with Gasteiger partial charge in [-0.3, -0.25) is 4.90 Å². The van der Waals surface area contributed by atoms with Gasteiger partial charge in [-0.25, -0.2) is 4.98 Å². The number of fused-ring (bicyclic) bond motifs is 1. The molecule has 3 rings (SSSR count). The Morgan fingerprint density at radius 1 is 1.10 bits per heavy atom. The Labute approximate surface area is 119 Å². The fraction of sp³-hybridized carbons (Fsp3) is 0.438. The summed E-state index contributed by atoms with van der Waals surface area (Å²) in [5.41, 5.74) is 0.984. The number of para-hydroxylation sites is 1. The number of hydrogen-bond acceptors (Lipinski definition) is 4. The summed E-state index contributed by atoms with van der Waals surface area (Å²) >= 11 is 0. The Balaban J connectivity index is 1.47. The largest absolute Gasteiger partial charge is 0.478 e. The lowest BCUT2D eigenvalue weighted by molar-refractivity contribution is 0.0357. The standard InChI is InChI=1S/C16H20N2O2/c1-2-5-15-14(4-1)6-7-16(17-15)20-11-3-8-18-9-12-19-13-10-18/h1-2,4-7H,3,8-13H2. The van der Waals surface area contributed by atoms with Gasteiger partial charge in [0.1, 0.15) is 0 Å². The molecular formula is C16H20N2O2. The monoisotopic (exact) mass is 272 g/mol. The molecule has 106 valence electrons. The molecule has 0 amide bonds. The molecule has 0 bridgehead atoms. The van der Waals surface area contributed by atoms with Crippen molar-refractivity contribution in [2.75, 3.05) is 39.5 Å². The van der Waals surface area contributed by atoms with Crippen molar-refractivity contribution in [3.05, 3.63) is 36.4 Å². The maximum atomic E-state index is 5.74. The minimum Gasteiger partial charge on any atom is -0.478 e. The zero-order valence-electron chi connectivity index (χ0n) is 11.6. The first-order valence-electron chi connectivity index (χ1n) is 7.20. The van der Waals surface area contributed by atoms with Crippen LogP contribution in [-0.4, -0.2) is 49.3 Å². The topological polar surface area (TPSA) is 34.6 Å². The van der Waals surface area contributed by atoms with E-state index in [9.17, 15) is 0 Å². The van der Waals surface area contributed by atoms with Crippen LogP contribution in [0.2, 0.25) is 0 Å². The third kappa shape index (κ3) is 3.46. The predicted octanol–water partition coefficient (Wildman–Crippen LogP) is 2.34. The first-order chi connectivity index (χ1) is 9.92. The second-order valence-corrected chi connectivity index (χ2v) is 5.00. The lowest BCUT2D eigenvalue weighted by atomic mass is 10.2. The molecule has 20 heavy (non-hydrogen) atoms. The highest BCUT2D eigenvalue weighted by Gasteiger charge is 2.09. The van der Waals surface area contributed by atoms with Gasteiger partial charge in [-0.1, -0.05) is 18.2 Å². The normalized spacial score (nSPS) is 16.4. The van der Waals surface area contributed by atoms with Gasteiger partial charge in [-0.15, -0.1) is 0 Å². The fourth-order valence-corrected chi connectivity index (χ4v) is 2.42. The Morgan fingerprint density at radius 2 is 1.95 bits per heavy atom. The molecule has 2 aromatic rings. The van der Waals surface area contributed by atoms with E-state index < -0.39 is 0 Å². The van der Waals surface area contributed by atoms with Crippen molar-refractivity contribution in [3.63, 3.8) is 0 Å². The molecule has 0 spiro atoms. The van der Waals surface area contributed by atoms with Gasteiger partial charge >= 0.3 is 0 Å². The quantitative estimate of drug-likeness (QED) is 0.783. The summed E-state index contributed by atoms with van der Waals surface area (Å²) in [6, 6.07) is 12.1. The van der Waals surface area contributed by atoms with Gasteiger partial charge in [0.25, 0.3) is 0 Å². The average molecular weight is 272 g/mol. The molecule has 1 aliphatic rings. The number of hydrogen-bond donors (Lipinski definition) is 0. The summed E-state index contributed by atoms with van der Waals surface area (Å²) in [5.74, 6) is 0.714. The average Bonchev–Trinajstić information content (AvgIpc) is 2.52. The Morgan fingerprint density at radius 3 is 2.85 bits per heavy atom. The van der Waals surface area contributed by atoms with Gasteiger partial charge in [-0.2, -0.15) is 0 Å². The minimum atomic E-state index is 0.711. The molecule has 1 fully saturated rings. The van der Waals surface area contributed by atoms with Crippen molar-refractivity contribution >= 4 is 10.9 Å². The highest BCUT2D eigenvalue weighted by Crippen LogP contribution is 2.16. The molecular weight excluding hydrogens is 252 g/mol. The maximum absolute atomic E-state index is 5.74. The van der Waals surface area contributed by atoms with E-state index in [1.165, 1.54) is 0 Å². The molecule has 0 atom stereocenters. The van der Waals surface area contributed by atoms with Crippen LogP contribution in [-0.2, 0) is 4.74 Å². The van der Waals surface area contributed by atoms with Crippen LogP contribution >= 0.6 is 0 Å². The van der Waals surface area contributed by atoms with Crippen LogP contribution in [0.15, 0.2) is 36.4 Å². The molecule has 0 radical (unpaired) electrons. The lowest BCUT2D eigenvalue weighted by Crippen LogP contribution is -2.37. The molecule has 0 saturated carbocycles. The number of rotatable bonds is 5. The first kappa shape index (κ1) is 13.3. The molecule has 0 aliphatic carbocycles.